The fraction of sp³-hybridized carbons (Fsp3) is 0.500. The summed E-state index contributed by atoms with van der Waals surface area (Å²) in [7, 11) is -4.01. The number of benzene rings is 1. The molecule has 0 saturated heterocycles. The van der Waals surface area contributed by atoms with E-state index >= 15 is 0 Å². The highest BCUT2D eigenvalue weighted by Crippen LogP contribution is 2.21. The second-order valence-corrected chi connectivity index (χ2v) is 6.03. The fourth-order valence-electron chi connectivity index (χ4n) is 1.54. The van der Waals surface area contributed by atoms with Crippen LogP contribution in [-0.2, 0) is 10.0 Å². The Bertz CT molecular complexity index is 543. The summed E-state index contributed by atoms with van der Waals surface area (Å²) in [5, 5.41) is 9.64. The first kappa shape index (κ1) is 16.9. The van der Waals surface area contributed by atoms with Crippen LogP contribution in [0.3, 0.4) is 0 Å². The average Bonchev–Trinajstić information content (AvgIpc) is 2.36. The molecule has 0 fully saturated rings. The molecule has 1 aromatic rings. The molecule has 0 radical (unpaired) electrons. The van der Waals surface area contributed by atoms with Gasteiger partial charge in [-0.3, -0.25) is 0 Å². The van der Waals surface area contributed by atoms with E-state index in [2.05, 4.69) is 0 Å². The maximum atomic E-state index is 12.0. The van der Waals surface area contributed by atoms with E-state index in [1.54, 1.807) is 13.0 Å². The average molecular weight is 311 g/mol. The molecule has 4 nitrogen and oxygen atoms in total. The van der Waals surface area contributed by atoms with Crippen LogP contribution in [-0.4, -0.2) is 26.2 Å². The third-order valence-corrected chi connectivity index (χ3v) is 4.10. The summed E-state index contributed by atoms with van der Waals surface area (Å²) in [6.45, 7) is 1.01. The van der Waals surface area contributed by atoms with Gasteiger partial charge in [0.15, 0.2) is 0 Å². The van der Waals surface area contributed by atoms with E-state index in [0.29, 0.717) is 12.0 Å². The highest BCUT2D eigenvalue weighted by molar-refractivity contribution is 7.89. The predicted octanol–water partition coefficient (Wildman–Crippen LogP) is 2.36. The molecule has 1 rings (SSSR count). The number of aliphatic hydroxyl groups is 1. The number of rotatable bonds is 6. The van der Waals surface area contributed by atoms with Gasteiger partial charge < -0.3 is 5.11 Å². The number of nitrogens with one attached hydrogen (secondary N) is 1. The van der Waals surface area contributed by atoms with Crippen molar-refractivity contribution >= 4 is 10.0 Å². The molecule has 8 heteroatoms. The maximum absolute atomic E-state index is 12.0. The molecule has 2 N–H and O–H groups in total. The lowest BCUT2D eigenvalue weighted by molar-refractivity contribution is -0.132. The number of hydrogen-bond acceptors (Lipinski definition) is 3. The summed E-state index contributed by atoms with van der Waals surface area (Å²) in [6, 6.07) is 5.52. The normalized spacial score (nSPS) is 14.2. The van der Waals surface area contributed by atoms with Crippen molar-refractivity contribution in [2.45, 2.75) is 36.9 Å². The first-order valence-electron chi connectivity index (χ1n) is 6.00. The van der Waals surface area contributed by atoms with E-state index in [1.807, 2.05) is 4.72 Å². The minimum absolute atomic E-state index is 0.162. The van der Waals surface area contributed by atoms with E-state index in [9.17, 15) is 26.7 Å². The van der Waals surface area contributed by atoms with Crippen molar-refractivity contribution < 1.29 is 26.7 Å². The molecule has 0 amide bonds. The Morgan fingerprint density at radius 2 is 2.00 bits per heavy atom. The van der Waals surface area contributed by atoms with Gasteiger partial charge >= 0.3 is 6.18 Å². The Kier molecular flexibility index (Phi) is 5.55. The Balaban J connectivity index is 2.82. The minimum atomic E-state index is -4.41. The molecule has 0 saturated carbocycles. The van der Waals surface area contributed by atoms with Crippen molar-refractivity contribution in [2.75, 3.05) is 6.54 Å². The van der Waals surface area contributed by atoms with Crippen molar-refractivity contribution in [1.29, 1.82) is 0 Å². The summed E-state index contributed by atoms with van der Waals surface area (Å²) < 4.78 is 61.5. The van der Waals surface area contributed by atoms with Gasteiger partial charge in [0.2, 0.25) is 10.0 Å². The van der Waals surface area contributed by atoms with Gasteiger partial charge in [-0.1, -0.05) is 19.1 Å². The standard InChI is InChI=1S/C12H16F3NO3S/c1-2-11(17)9-4-3-5-10(8-9)20(18,19)16-7-6-12(13,14)15/h3-5,8,11,16-17H,2,6-7H2,1H3. The molecule has 0 aliphatic carbocycles. The van der Waals surface area contributed by atoms with Crippen molar-refractivity contribution in [3.05, 3.63) is 29.8 Å². The van der Waals surface area contributed by atoms with E-state index in [4.69, 9.17) is 0 Å². The summed E-state index contributed by atoms with van der Waals surface area (Å²) >= 11 is 0. The van der Waals surface area contributed by atoms with Gasteiger partial charge in [0.1, 0.15) is 0 Å². The Morgan fingerprint density at radius 3 is 2.55 bits per heavy atom. The van der Waals surface area contributed by atoms with Crippen LogP contribution in [0.1, 0.15) is 31.4 Å². The third kappa shape index (κ3) is 5.10. The van der Waals surface area contributed by atoms with Crippen LogP contribution in [0.4, 0.5) is 13.2 Å². The molecule has 0 aliphatic heterocycles. The second kappa shape index (κ2) is 6.55. The van der Waals surface area contributed by atoms with E-state index < -0.39 is 35.3 Å². The van der Waals surface area contributed by atoms with Crippen LogP contribution in [0.5, 0.6) is 0 Å². The number of sulfonamides is 1. The quantitative estimate of drug-likeness (QED) is 0.847. The van der Waals surface area contributed by atoms with Crippen molar-refractivity contribution in [3.8, 4) is 0 Å². The first-order valence-corrected chi connectivity index (χ1v) is 7.48. The van der Waals surface area contributed by atoms with E-state index in [1.165, 1.54) is 18.2 Å². The molecule has 0 heterocycles. The molecule has 0 spiro atoms. The molecule has 1 aromatic carbocycles. The van der Waals surface area contributed by atoms with Crippen LogP contribution in [0, 0.1) is 0 Å². The Hall–Kier alpha value is -1.12. The number of aliphatic hydroxyl groups excluding tert-OH is 1. The first-order chi connectivity index (χ1) is 9.15. The zero-order chi connectivity index (χ0) is 15.4. The largest absolute Gasteiger partial charge is 0.390 e. The molecule has 0 bridgehead atoms. The lowest BCUT2D eigenvalue weighted by Gasteiger charge is -2.12. The van der Waals surface area contributed by atoms with Crippen LogP contribution in [0.25, 0.3) is 0 Å². The smallest absolute Gasteiger partial charge is 0.388 e. The molecule has 20 heavy (non-hydrogen) atoms. The predicted molar refractivity (Wildman–Crippen MR) is 67.6 cm³/mol. The van der Waals surface area contributed by atoms with Crippen LogP contribution < -0.4 is 4.72 Å². The zero-order valence-corrected chi connectivity index (χ0v) is 11.6. The molecule has 1 atom stereocenters. The molecule has 114 valence electrons. The lowest BCUT2D eigenvalue weighted by atomic mass is 10.1. The lowest BCUT2D eigenvalue weighted by Crippen LogP contribution is -2.28. The van der Waals surface area contributed by atoms with Gasteiger partial charge in [-0.25, -0.2) is 13.1 Å². The summed E-state index contributed by atoms with van der Waals surface area (Å²) in [5.74, 6) is 0. The highest BCUT2D eigenvalue weighted by atomic mass is 32.2. The van der Waals surface area contributed by atoms with E-state index in [0.717, 1.165) is 0 Å². The van der Waals surface area contributed by atoms with E-state index in [-0.39, 0.29) is 4.90 Å². The topological polar surface area (TPSA) is 66.4 Å². The molecular weight excluding hydrogens is 295 g/mol. The maximum Gasteiger partial charge on any atom is 0.390 e. The zero-order valence-electron chi connectivity index (χ0n) is 10.8. The molecule has 0 aliphatic rings. The Labute approximate surface area is 115 Å². The summed E-state index contributed by atoms with van der Waals surface area (Å²) in [4.78, 5) is -0.162. The van der Waals surface area contributed by atoms with Crippen molar-refractivity contribution in [3.63, 3.8) is 0 Å². The van der Waals surface area contributed by atoms with Crippen molar-refractivity contribution in [1.82, 2.24) is 4.72 Å². The van der Waals surface area contributed by atoms with Gasteiger partial charge in [0.05, 0.1) is 17.4 Å². The van der Waals surface area contributed by atoms with Crippen LogP contribution in [0.2, 0.25) is 0 Å². The van der Waals surface area contributed by atoms with Gasteiger partial charge in [-0.15, -0.1) is 0 Å². The molecule has 1 unspecified atom stereocenters. The second-order valence-electron chi connectivity index (χ2n) is 4.26. The van der Waals surface area contributed by atoms with Crippen LogP contribution >= 0.6 is 0 Å². The monoisotopic (exact) mass is 311 g/mol. The minimum Gasteiger partial charge on any atom is -0.388 e. The highest BCUT2D eigenvalue weighted by Gasteiger charge is 2.27. The van der Waals surface area contributed by atoms with Gasteiger partial charge in [-0.2, -0.15) is 13.2 Å². The molecular formula is C12H16F3NO3S. The fourth-order valence-corrected chi connectivity index (χ4v) is 2.62. The number of hydrogen-bond donors (Lipinski definition) is 2. The summed E-state index contributed by atoms with van der Waals surface area (Å²) in [5.41, 5.74) is 0.409. The van der Waals surface area contributed by atoms with Gasteiger partial charge in [-0.05, 0) is 24.1 Å². The van der Waals surface area contributed by atoms with Crippen LogP contribution in [0.15, 0.2) is 29.2 Å². The number of alkyl halides is 3. The molecule has 0 aromatic heterocycles. The van der Waals surface area contributed by atoms with Gasteiger partial charge in [0.25, 0.3) is 0 Å². The van der Waals surface area contributed by atoms with Crippen molar-refractivity contribution in [2.24, 2.45) is 0 Å². The Morgan fingerprint density at radius 1 is 1.35 bits per heavy atom. The SMILES string of the molecule is CCC(O)c1cccc(S(=O)(=O)NCCC(F)(F)F)c1. The van der Waals surface area contributed by atoms with Gasteiger partial charge in [0, 0.05) is 6.54 Å². The third-order valence-electron chi connectivity index (χ3n) is 2.64. The number of halogens is 3. The summed E-state index contributed by atoms with van der Waals surface area (Å²) in [6.07, 6.45) is -6.04.